The summed E-state index contributed by atoms with van der Waals surface area (Å²) in [6, 6.07) is 3.66. The van der Waals surface area contributed by atoms with Crippen molar-refractivity contribution in [2.24, 2.45) is 11.8 Å². The van der Waals surface area contributed by atoms with Crippen molar-refractivity contribution in [1.82, 2.24) is 5.32 Å². The number of carboxylic acid groups (broad SMARTS) is 1. The monoisotopic (exact) mass is 349 g/mol. The van der Waals surface area contributed by atoms with Gasteiger partial charge in [0, 0.05) is 11.6 Å². The molecule has 1 atom stereocenters. The molecule has 1 amide bonds. The summed E-state index contributed by atoms with van der Waals surface area (Å²) in [7, 11) is 0. The van der Waals surface area contributed by atoms with Gasteiger partial charge in [-0.2, -0.15) is 8.78 Å². The second-order valence-corrected chi connectivity index (χ2v) is 5.83. The number of hydrogen-bond acceptors (Lipinski definition) is 3. The Kier molecular flexibility index (Phi) is 7.22. The van der Waals surface area contributed by atoms with Crippen LogP contribution in [-0.4, -0.2) is 30.1 Å². The third-order valence-electron chi connectivity index (χ3n) is 3.02. The van der Waals surface area contributed by atoms with Gasteiger partial charge in [-0.05, 0) is 30.5 Å². The lowest BCUT2D eigenvalue weighted by Gasteiger charge is -2.16. The number of hydrogen-bond donors (Lipinski definition) is 2. The highest BCUT2D eigenvalue weighted by Gasteiger charge is 2.22. The molecule has 0 aromatic heterocycles. The lowest BCUT2D eigenvalue weighted by molar-refractivity contribution is -0.142. The second-order valence-electron chi connectivity index (χ2n) is 5.39. The summed E-state index contributed by atoms with van der Waals surface area (Å²) in [5, 5.41) is 11.7. The van der Waals surface area contributed by atoms with E-state index in [9.17, 15) is 18.4 Å². The minimum atomic E-state index is -3.09. The van der Waals surface area contributed by atoms with E-state index in [4.69, 9.17) is 16.7 Å². The number of aliphatic carboxylic acids is 1. The Hall–Kier alpha value is -1.89. The topological polar surface area (TPSA) is 75.6 Å². The molecule has 0 saturated carbocycles. The first-order valence-electron chi connectivity index (χ1n) is 6.96. The van der Waals surface area contributed by atoms with Crippen molar-refractivity contribution in [3.63, 3.8) is 0 Å². The van der Waals surface area contributed by atoms with E-state index < -0.39 is 24.4 Å². The molecule has 0 heterocycles. The number of amides is 1. The number of halogens is 3. The standard InChI is InChI=1S/C15H18ClF2NO4/c1-8(2)5-9(14(21)22)7-19-13(20)11-6-10(16)3-4-12(11)23-15(17)18/h3-4,6,8-9,15H,5,7H2,1-2H3,(H,19,20)(H,21,22). The molecule has 5 nitrogen and oxygen atoms in total. The maximum absolute atomic E-state index is 12.4. The average Bonchev–Trinajstić information content (AvgIpc) is 2.43. The van der Waals surface area contributed by atoms with Gasteiger partial charge >= 0.3 is 12.6 Å². The normalized spacial score (nSPS) is 12.3. The number of carbonyl (C=O) groups is 2. The number of benzene rings is 1. The lowest BCUT2D eigenvalue weighted by atomic mass is 9.97. The smallest absolute Gasteiger partial charge is 0.387 e. The summed E-state index contributed by atoms with van der Waals surface area (Å²) in [5.74, 6) is -2.71. The first-order chi connectivity index (χ1) is 10.7. The molecule has 1 unspecified atom stereocenters. The first-order valence-corrected chi connectivity index (χ1v) is 7.33. The van der Waals surface area contributed by atoms with Crippen molar-refractivity contribution in [2.45, 2.75) is 26.9 Å². The largest absolute Gasteiger partial charge is 0.481 e. The van der Waals surface area contributed by atoms with E-state index in [1.807, 2.05) is 13.8 Å². The summed E-state index contributed by atoms with van der Waals surface area (Å²) in [4.78, 5) is 23.3. The van der Waals surface area contributed by atoms with Crippen LogP contribution in [0, 0.1) is 11.8 Å². The summed E-state index contributed by atoms with van der Waals surface area (Å²) >= 11 is 5.76. The fraction of sp³-hybridized carbons (Fsp3) is 0.467. The summed E-state index contributed by atoms with van der Waals surface area (Å²) in [6.07, 6.45) is 0.381. The molecular formula is C15H18ClF2NO4. The van der Waals surface area contributed by atoms with Crippen molar-refractivity contribution < 1.29 is 28.2 Å². The van der Waals surface area contributed by atoms with E-state index in [0.717, 1.165) is 6.07 Å². The molecule has 1 rings (SSSR count). The van der Waals surface area contributed by atoms with Gasteiger partial charge in [0.15, 0.2) is 0 Å². The zero-order chi connectivity index (χ0) is 17.6. The number of rotatable bonds is 8. The quantitative estimate of drug-likeness (QED) is 0.754. The minimum absolute atomic E-state index is 0.118. The molecule has 0 aliphatic heterocycles. The maximum Gasteiger partial charge on any atom is 0.387 e. The van der Waals surface area contributed by atoms with E-state index in [2.05, 4.69) is 10.1 Å². The predicted molar refractivity (Wildman–Crippen MR) is 81.0 cm³/mol. The molecule has 0 saturated heterocycles. The molecule has 2 N–H and O–H groups in total. The van der Waals surface area contributed by atoms with E-state index in [1.165, 1.54) is 12.1 Å². The van der Waals surface area contributed by atoms with Crippen LogP contribution >= 0.6 is 11.6 Å². The van der Waals surface area contributed by atoms with E-state index in [1.54, 1.807) is 0 Å². The highest BCUT2D eigenvalue weighted by molar-refractivity contribution is 6.31. The zero-order valence-electron chi connectivity index (χ0n) is 12.7. The number of carbonyl (C=O) groups excluding carboxylic acids is 1. The summed E-state index contributed by atoms with van der Waals surface area (Å²) < 4.78 is 29.0. The Morgan fingerprint density at radius 1 is 1.35 bits per heavy atom. The van der Waals surface area contributed by atoms with Crippen LogP contribution in [0.4, 0.5) is 8.78 Å². The van der Waals surface area contributed by atoms with Crippen LogP contribution in [-0.2, 0) is 4.79 Å². The highest BCUT2D eigenvalue weighted by atomic mass is 35.5. The number of carboxylic acids is 1. The number of alkyl halides is 2. The molecule has 0 bridgehead atoms. The molecule has 0 spiro atoms. The van der Waals surface area contributed by atoms with Crippen LogP contribution in [0.5, 0.6) is 5.75 Å². The van der Waals surface area contributed by atoms with Crippen LogP contribution in [0.2, 0.25) is 5.02 Å². The van der Waals surface area contributed by atoms with E-state index >= 15 is 0 Å². The molecule has 0 fully saturated rings. The Bertz CT molecular complexity index is 566. The molecule has 0 aliphatic rings. The van der Waals surface area contributed by atoms with Crippen molar-refractivity contribution in [1.29, 1.82) is 0 Å². The van der Waals surface area contributed by atoms with Crippen LogP contribution < -0.4 is 10.1 Å². The molecule has 0 aliphatic carbocycles. The fourth-order valence-electron chi connectivity index (χ4n) is 2.03. The maximum atomic E-state index is 12.4. The molecule has 128 valence electrons. The first kappa shape index (κ1) is 19.2. The molecular weight excluding hydrogens is 332 g/mol. The molecule has 8 heteroatoms. The van der Waals surface area contributed by atoms with Crippen LogP contribution in [0.3, 0.4) is 0 Å². The van der Waals surface area contributed by atoms with Gasteiger partial charge in [0.1, 0.15) is 5.75 Å². The highest BCUT2D eigenvalue weighted by Crippen LogP contribution is 2.24. The van der Waals surface area contributed by atoms with Gasteiger partial charge in [-0.1, -0.05) is 25.4 Å². The number of ether oxygens (including phenoxy) is 1. The molecule has 23 heavy (non-hydrogen) atoms. The van der Waals surface area contributed by atoms with Gasteiger partial charge in [0.2, 0.25) is 0 Å². The Morgan fingerprint density at radius 2 is 2.00 bits per heavy atom. The third kappa shape index (κ3) is 6.40. The van der Waals surface area contributed by atoms with Gasteiger partial charge in [0.25, 0.3) is 5.91 Å². The van der Waals surface area contributed by atoms with Crippen LogP contribution in [0.15, 0.2) is 18.2 Å². The second kappa shape index (κ2) is 8.67. The van der Waals surface area contributed by atoms with Crippen molar-refractivity contribution >= 4 is 23.5 Å². The van der Waals surface area contributed by atoms with Crippen molar-refractivity contribution in [2.75, 3.05) is 6.54 Å². The van der Waals surface area contributed by atoms with Gasteiger partial charge < -0.3 is 15.2 Å². The molecule has 1 aromatic rings. The summed E-state index contributed by atoms with van der Waals surface area (Å²) in [5.41, 5.74) is -0.175. The molecule has 0 radical (unpaired) electrons. The van der Waals surface area contributed by atoms with Gasteiger partial charge in [-0.3, -0.25) is 9.59 Å². The third-order valence-corrected chi connectivity index (χ3v) is 3.25. The number of nitrogens with one attached hydrogen (secondary N) is 1. The van der Waals surface area contributed by atoms with Crippen LogP contribution in [0.25, 0.3) is 0 Å². The Labute approximate surface area is 137 Å². The van der Waals surface area contributed by atoms with E-state index in [-0.39, 0.29) is 28.8 Å². The van der Waals surface area contributed by atoms with Crippen molar-refractivity contribution in [3.8, 4) is 5.75 Å². The Morgan fingerprint density at radius 3 is 2.52 bits per heavy atom. The fourth-order valence-corrected chi connectivity index (χ4v) is 2.20. The van der Waals surface area contributed by atoms with Gasteiger partial charge in [0.05, 0.1) is 11.5 Å². The molecule has 1 aromatic carbocycles. The zero-order valence-corrected chi connectivity index (χ0v) is 13.4. The van der Waals surface area contributed by atoms with Crippen molar-refractivity contribution in [3.05, 3.63) is 28.8 Å². The van der Waals surface area contributed by atoms with Gasteiger partial charge in [-0.15, -0.1) is 0 Å². The predicted octanol–water partition coefficient (Wildman–Crippen LogP) is 3.42. The Balaban J connectivity index is 2.84. The SMILES string of the molecule is CC(C)CC(CNC(=O)c1cc(Cl)ccc1OC(F)F)C(=O)O. The minimum Gasteiger partial charge on any atom is -0.481 e. The van der Waals surface area contributed by atoms with E-state index in [0.29, 0.717) is 6.42 Å². The lowest BCUT2D eigenvalue weighted by Crippen LogP contribution is -2.34. The van der Waals surface area contributed by atoms with Crippen LogP contribution in [0.1, 0.15) is 30.6 Å². The summed E-state index contributed by atoms with van der Waals surface area (Å²) in [6.45, 7) is 0.523. The van der Waals surface area contributed by atoms with Gasteiger partial charge in [-0.25, -0.2) is 0 Å². The average molecular weight is 350 g/mol.